The van der Waals surface area contributed by atoms with E-state index >= 15 is 0 Å². The summed E-state index contributed by atoms with van der Waals surface area (Å²) in [4.78, 5) is 68.9. The molecule has 2 unspecified atom stereocenters. The number of aliphatic hydroxyl groups is 1. The third kappa shape index (κ3) is 15.2. The Morgan fingerprint density at radius 2 is 0.949 bits per heavy atom. The van der Waals surface area contributed by atoms with Crippen LogP contribution in [0.3, 0.4) is 0 Å². The van der Waals surface area contributed by atoms with Gasteiger partial charge in [-0.1, -0.05) is 74.4 Å². The second kappa shape index (κ2) is 25.6. The third-order valence-corrected chi connectivity index (χ3v) is 21.2. The number of likely N-dealkylation sites (tertiary alicyclic amines) is 2. The fourth-order valence-electron chi connectivity index (χ4n) is 10.3. The maximum atomic E-state index is 14.7. The van der Waals surface area contributed by atoms with Crippen molar-refractivity contribution in [3.8, 4) is 11.5 Å². The number of benzene rings is 2. The van der Waals surface area contributed by atoms with Gasteiger partial charge in [-0.2, -0.15) is 0 Å². The van der Waals surface area contributed by atoms with E-state index in [1.54, 1.807) is 84.7 Å². The summed E-state index contributed by atoms with van der Waals surface area (Å²) in [5.41, 5.74) is 0.892. The van der Waals surface area contributed by atoms with Gasteiger partial charge in [0, 0.05) is 85.4 Å². The first-order valence-corrected chi connectivity index (χ1v) is 31.7. The minimum absolute atomic E-state index is 0.0284. The van der Waals surface area contributed by atoms with Crippen molar-refractivity contribution in [3.63, 3.8) is 0 Å². The highest BCUT2D eigenvalue weighted by atomic mass is 32.1. The summed E-state index contributed by atoms with van der Waals surface area (Å²) in [5.74, 6) is -2.01. The number of rotatable bonds is 16. The molecular formula is C60H90N4O12S2Si. The van der Waals surface area contributed by atoms with Gasteiger partial charge in [0.15, 0.2) is 8.32 Å². The fourth-order valence-corrected chi connectivity index (χ4v) is 12.9. The number of carbonyl (C=O) groups excluding carboxylic acids is 4. The zero-order chi connectivity index (χ0) is 59.4. The van der Waals surface area contributed by atoms with Gasteiger partial charge < -0.3 is 47.8 Å². The lowest BCUT2D eigenvalue weighted by Crippen LogP contribution is -2.49. The molecule has 438 valence electrons. The highest BCUT2D eigenvalue weighted by Crippen LogP contribution is 2.50. The minimum Gasteiger partial charge on any atom is -0.496 e. The average Bonchev–Trinajstić information content (AvgIpc) is 4.19. The van der Waals surface area contributed by atoms with Gasteiger partial charge in [-0.05, 0) is 106 Å². The molecular weight excluding hydrogens is 1060 g/mol. The molecule has 4 heterocycles. The van der Waals surface area contributed by atoms with Crippen LogP contribution in [0.5, 0.6) is 11.5 Å². The van der Waals surface area contributed by atoms with Crippen molar-refractivity contribution in [1.29, 1.82) is 0 Å². The average molecular weight is 1150 g/mol. The van der Waals surface area contributed by atoms with Crippen molar-refractivity contribution in [2.45, 2.75) is 168 Å². The number of aliphatic hydroxyl groups excluding tert-OH is 1. The Labute approximate surface area is 479 Å². The van der Waals surface area contributed by atoms with Crippen LogP contribution in [0.2, 0.25) is 18.1 Å². The minimum atomic E-state index is -2.20. The van der Waals surface area contributed by atoms with Crippen molar-refractivity contribution in [3.05, 3.63) is 91.8 Å². The summed E-state index contributed by atoms with van der Waals surface area (Å²) in [6.07, 6.45) is 3.40. The van der Waals surface area contributed by atoms with Gasteiger partial charge >= 0.3 is 11.9 Å². The van der Waals surface area contributed by atoms with Crippen LogP contribution >= 0.6 is 22.7 Å². The van der Waals surface area contributed by atoms with Gasteiger partial charge in [0.05, 0.1) is 39.5 Å². The molecule has 2 aromatic carbocycles. The summed E-state index contributed by atoms with van der Waals surface area (Å²) < 4.78 is 41.1. The molecule has 0 bridgehead atoms. The maximum absolute atomic E-state index is 14.7. The molecule has 2 saturated heterocycles. The molecule has 0 aliphatic carbocycles. The standard InChI is InChI=1S/C33H52N2O6SSi.C27H38N2O6S/c1-31(2,3)24-15-14-21(18-25(24)39-11)29(36)35-26(28-34-16-17-42-28)22(19-38-10)23(20-40-43(12,13)33(7,8)9)27(35)30(37)41-32(4,5)6;1-26(2,3)19-10-9-16(13-20(19)34-8)24(31)29-21(23-28-11-12-36-23)18(15-33-7)17(14-30)22(29)25(32)35-27(4,5)6/h14-18,22-23,26-27H,19-20H2,1-13H3;9-13,17-18,21-22,30H,14-15H2,1-8H3/t22-,23-,26+,27?;17-,18-,21+,22?/m00/s1. The highest BCUT2D eigenvalue weighted by molar-refractivity contribution is 7.09. The quantitative estimate of drug-likeness (QED) is 0.0825. The number of ether oxygens (including phenoxy) is 6. The van der Waals surface area contributed by atoms with Crippen LogP contribution in [-0.2, 0) is 43.8 Å². The summed E-state index contributed by atoms with van der Waals surface area (Å²) in [6, 6.07) is 7.90. The van der Waals surface area contributed by atoms with Gasteiger partial charge in [-0.15, -0.1) is 22.7 Å². The highest BCUT2D eigenvalue weighted by Gasteiger charge is 2.58. The number of aromatic nitrogens is 2. The molecule has 19 heteroatoms. The molecule has 1 N–H and O–H groups in total. The Balaban J connectivity index is 0.000000295. The smallest absolute Gasteiger partial charge is 0.329 e. The van der Waals surface area contributed by atoms with Crippen LogP contribution in [0, 0.1) is 23.7 Å². The number of hydrogen-bond acceptors (Lipinski definition) is 16. The van der Waals surface area contributed by atoms with Crippen LogP contribution in [0.4, 0.5) is 0 Å². The van der Waals surface area contributed by atoms with E-state index in [-0.39, 0.29) is 58.7 Å². The molecule has 8 atom stereocenters. The largest absolute Gasteiger partial charge is 0.496 e. The molecule has 2 amide bonds. The molecule has 0 saturated carbocycles. The predicted octanol–water partition coefficient (Wildman–Crippen LogP) is 11.5. The Kier molecular flexibility index (Phi) is 21.1. The maximum Gasteiger partial charge on any atom is 0.329 e. The first-order chi connectivity index (χ1) is 36.6. The van der Waals surface area contributed by atoms with E-state index in [1.165, 1.54) is 27.6 Å². The Bertz CT molecular complexity index is 2680. The Morgan fingerprint density at radius 1 is 0.570 bits per heavy atom. The van der Waals surface area contributed by atoms with Crippen molar-refractivity contribution < 1.29 is 57.1 Å². The van der Waals surface area contributed by atoms with E-state index in [4.69, 9.17) is 32.8 Å². The number of methoxy groups -OCH3 is 4. The van der Waals surface area contributed by atoms with E-state index in [2.05, 4.69) is 85.4 Å². The molecule has 2 fully saturated rings. The van der Waals surface area contributed by atoms with Crippen molar-refractivity contribution in [2.24, 2.45) is 23.7 Å². The molecule has 4 aromatic rings. The van der Waals surface area contributed by atoms with Crippen LogP contribution in [-0.4, -0.2) is 135 Å². The molecule has 2 aliphatic heterocycles. The second-order valence-corrected chi connectivity index (χ2v) is 32.8. The summed E-state index contributed by atoms with van der Waals surface area (Å²) in [7, 11) is 4.20. The number of carbonyl (C=O) groups is 4. The summed E-state index contributed by atoms with van der Waals surface area (Å²) >= 11 is 2.87. The zero-order valence-electron chi connectivity index (χ0n) is 50.8. The van der Waals surface area contributed by atoms with E-state index in [1.807, 2.05) is 49.7 Å². The lowest BCUT2D eigenvalue weighted by atomic mass is 9.85. The third-order valence-electron chi connectivity index (χ3n) is 15.0. The lowest BCUT2D eigenvalue weighted by molar-refractivity contribution is -0.162. The molecule has 6 rings (SSSR count). The molecule has 0 spiro atoms. The van der Waals surface area contributed by atoms with E-state index in [9.17, 15) is 24.3 Å². The predicted molar refractivity (Wildman–Crippen MR) is 313 cm³/mol. The van der Waals surface area contributed by atoms with Crippen molar-refractivity contribution in [2.75, 3.05) is 54.9 Å². The monoisotopic (exact) mass is 1150 g/mol. The first-order valence-electron chi connectivity index (χ1n) is 27.1. The molecule has 79 heavy (non-hydrogen) atoms. The van der Waals surface area contributed by atoms with E-state index in [0.29, 0.717) is 40.8 Å². The van der Waals surface area contributed by atoms with Crippen LogP contribution < -0.4 is 9.47 Å². The number of amides is 2. The van der Waals surface area contributed by atoms with Crippen molar-refractivity contribution >= 4 is 54.7 Å². The second-order valence-electron chi connectivity index (χ2n) is 26.2. The number of thiazole rings is 2. The zero-order valence-corrected chi connectivity index (χ0v) is 53.4. The normalized spacial score (nSPS) is 22.1. The molecule has 0 radical (unpaired) electrons. The SMILES string of the molecule is COC[C@H]1[C@H](CO)C(C(=O)OC(C)(C)C)N(C(=O)c2ccc(C(C)(C)C)c(OC)c2)[C@H]1c1nccs1.COC[C@H]1[C@H](CO[Si](C)(C)C(C)(C)C)C(C(=O)OC(C)(C)C)N(C(=O)c2ccc(C(C)(C)C)c(OC)c2)[C@H]1c1nccs1. The Hall–Kier alpha value is -4.76. The number of nitrogens with zero attached hydrogens (tertiary/aromatic N) is 4. The van der Waals surface area contributed by atoms with Crippen molar-refractivity contribution in [1.82, 2.24) is 19.8 Å². The van der Waals surface area contributed by atoms with Gasteiger partial charge in [0.1, 0.15) is 44.8 Å². The van der Waals surface area contributed by atoms with Gasteiger partial charge in [0.2, 0.25) is 0 Å². The molecule has 16 nitrogen and oxygen atoms in total. The molecule has 2 aromatic heterocycles. The van der Waals surface area contributed by atoms with Gasteiger partial charge in [-0.3, -0.25) is 9.59 Å². The van der Waals surface area contributed by atoms with Crippen LogP contribution in [0.15, 0.2) is 59.6 Å². The van der Waals surface area contributed by atoms with Gasteiger partial charge in [-0.25, -0.2) is 19.6 Å². The summed E-state index contributed by atoms with van der Waals surface area (Å²) in [5, 5.41) is 15.6. The van der Waals surface area contributed by atoms with Crippen LogP contribution in [0.1, 0.15) is 158 Å². The van der Waals surface area contributed by atoms with Crippen LogP contribution in [0.25, 0.3) is 0 Å². The first kappa shape index (κ1) is 65.1. The van der Waals surface area contributed by atoms with E-state index < -0.39 is 61.5 Å². The summed E-state index contributed by atoms with van der Waals surface area (Å²) in [6.45, 7) is 34.9. The Morgan fingerprint density at radius 3 is 1.25 bits per heavy atom. The number of hydrogen-bond donors (Lipinski definition) is 1. The lowest BCUT2D eigenvalue weighted by Gasteiger charge is -2.38. The van der Waals surface area contributed by atoms with Gasteiger partial charge in [0.25, 0.3) is 11.8 Å². The molecule has 2 aliphatic rings. The topological polar surface area (TPSA) is 185 Å². The van der Waals surface area contributed by atoms with E-state index in [0.717, 1.165) is 16.1 Å². The number of esters is 2. The fraction of sp³-hybridized carbons (Fsp3) is 0.633.